The lowest BCUT2D eigenvalue weighted by atomic mass is 10.3. The molecule has 0 aliphatic rings. The first kappa shape index (κ1) is 8.39. The molecule has 0 aromatic heterocycles. The Morgan fingerprint density at radius 3 is 2.22 bits per heavy atom. The molecule has 0 rings (SSSR count). The third-order valence-corrected chi connectivity index (χ3v) is 0.899. The maximum Gasteiger partial charge on any atom is 0.253 e. The average molecular weight is 133 g/mol. The Morgan fingerprint density at radius 2 is 2.11 bits per heavy atom. The third-order valence-electron chi connectivity index (χ3n) is 0.899. The lowest BCUT2D eigenvalue weighted by Gasteiger charge is -2.12. The Kier molecular flexibility index (Phi) is 3.19. The van der Waals surface area contributed by atoms with Crippen molar-refractivity contribution in [2.24, 2.45) is 0 Å². The van der Waals surface area contributed by atoms with Crippen LogP contribution in [0.15, 0.2) is 0 Å². The van der Waals surface area contributed by atoms with Crippen LogP contribution in [0, 0.1) is 0 Å². The third kappa shape index (κ3) is 2.43. The SMILES string of the molecule is CN(C)C(=O)[C@@H](O)CO. The largest absolute Gasteiger partial charge is 0.393 e. The van der Waals surface area contributed by atoms with E-state index in [4.69, 9.17) is 10.2 Å². The summed E-state index contributed by atoms with van der Waals surface area (Å²) in [5, 5.41) is 16.9. The van der Waals surface area contributed by atoms with Crippen LogP contribution in [-0.2, 0) is 4.79 Å². The predicted octanol–water partition coefficient (Wildman–Crippen LogP) is -1.57. The van der Waals surface area contributed by atoms with Gasteiger partial charge in [-0.3, -0.25) is 4.79 Å². The van der Waals surface area contributed by atoms with Gasteiger partial charge < -0.3 is 15.1 Å². The molecule has 1 atom stereocenters. The number of hydrogen-bond donors (Lipinski definition) is 2. The second-order valence-electron chi connectivity index (χ2n) is 1.93. The molecule has 0 aliphatic heterocycles. The van der Waals surface area contributed by atoms with Gasteiger partial charge in [-0.1, -0.05) is 0 Å². The smallest absolute Gasteiger partial charge is 0.253 e. The zero-order chi connectivity index (χ0) is 7.44. The Labute approximate surface area is 53.7 Å². The number of amides is 1. The molecule has 0 unspecified atom stereocenters. The highest BCUT2D eigenvalue weighted by molar-refractivity contribution is 5.80. The molecule has 4 nitrogen and oxygen atoms in total. The van der Waals surface area contributed by atoms with Crippen LogP contribution in [0.25, 0.3) is 0 Å². The summed E-state index contributed by atoms with van der Waals surface area (Å²) in [4.78, 5) is 11.8. The van der Waals surface area contributed by atoms with Crippen molar-refractivity contribution >= 4 is 5.91 Å². The van der Waals surface area contributed by atoms with Crippen molar-refractivity contribution in [3.63, 3.8) is 0 Å². The highest BCUT2D eigenvalue weighted by Gasteiger charge is 2.14. The number of aliphatic hydroxyl groups excluding tert-OH is 2. The van der Waals surface area contributed by atoms with Crippen LogP contribution in [0.2, 0.25) is 0 Å². The minimum atomic E-state index is -1.26. The molecule has 0 aliphatic carbocycles. The normalized spacial score (nSPS) is 12.9. The van der Waals surface area contributed by atoms with Crippen molar-refractivity contribution in [3.8, 4) is 0 Å². The van der Waals surface area contributed by atoms with E-state index >= 15 is 0 Å². The maximum absolute atomic E-state index is 10.6. The van der Waals surface area contributed by atoms with E-state index in [1.807, 2.05) is 0 Å². The Balaban J connectivity index is 3.73. The van der Waals surface area contributed by atoms with Gasteiger partial charge in [0.1, 0.15) is 0 Å². The van der Waals surface area contributed by atoms with E-state index in [-0.39, 0.29) is 0 Å². The van der Waals surface area contributed by atoms with E-state index in [1.54, 1.807) is 0 Å². The van der Waals surface area contributed by atoms with Gasteiger partial charge in [-0.25, -0.2) is 0 Å². The molecule has 1 amide bonds. The molecule has 0 heterocycles. The van der Waals surface area contributed by atoms with Crippen LogP contribution in [0.3, 0.4) is 0 Å². The molecule has 4 heteroatoms. The van der Waals surface area contributed by atoms with Crippen molar-refractivity contribution in [1.29, 1.82) is 0 Å². The summed E-state index contributed by atoms with van der Waals surface area (Å²) in [5.74, 6) is -0.475. The van der Waals surface area contributed by atoms with E-state index in [0.717, 1.165) is 0 Å². The highest BCUT2D eigenvalue weighted by atomic mass is 16.3. The zero-order valence-electron chi connectivity index (χ0n) is 5.53. The van der Waals surface area contributed by atoms with E-state index < -0.39 is 18.6 Å². The Bertz CT molecular complexity index is 102. The molecular weight excluding hydrogens is 122 g/mol. The first-order valence-electron chi connectivity index (χ1n) is 2.59. The van der Waals surface area contributed by atoms with E-state index in [9.17, 15) is 4.79 Å². The van der Waals surface area contributed by atoms with Gasteiger partial charge in [0.25, 0.3) is 5.91 Å². The molecule has 0 bridgehead atoms. The van der Waals surface area contributed by atoms with Gasteiger partial charge in [-0.15, -0.1) is 0 Å². The van der Waals surface area contributed by atoms with Gasteiger partial charge >= 0.3 is 0 Å². The van der Waals surface area contributed by atoms with Gasteiger partial charge in [0.15, 0.2) is 6.10 Å². The molecule has 0 saturated heterocycles. The summed E-state index contributed by atoms with van der Waals surface area (Å²) >= 11 is 0. The zero-order valence-corrected chi connectivity index (χ0v) is 5.53. The molecule has 9 heavy (non-hydrogen) atoms. The van der Waals surface area contributed by atoms with E-state index in [1.165, 1.54) is 19.0 Å². The monoisotopic (exact) mass is 133 g/mol. The molecule has 0 fully saturated rings. The molecule has 0 saturated carbocycles. The first-order chi connectivity index (χ1) is 4.09. The summed E-state index contributed by atoms with van der Waals surface area (Å²) in [6.45, 7) is -0.517. The molecule has 0 spiro atoms. The molecule has 0 aromatic rings. The summed E-state index contributed by atoms with van der Waals surface area (Å²) in [6.07, 6.45) is -1.26. The second kappa shape index (κ2) is 3.42. The quantitative estimate of drug-likeness (QED) is 0.478. The van der Waals surface area contributed by atoms with Crippen LogP contribution < -0.4 is 0 Å². The second-order valence-corrected chi connectivity index (χ2v) is 1.93. The van der Waals surface area contributed by atoms with Gasteiger partial charge in [-0.05, 0) is 0 Å². The van der Waals surface area contributed by atoms with E-state index in [2.05, 4.69) is 0 Å². The van der Waals surface area contributed by atoms with Crippen molar-refractivity contribution in [2.75, 3.05) is 20.7 Å². The molecule has 0 radical (unpaired) electrons. The fraction of sp³-hybridized carbons (Fsp3) is 0.800. The summed E-state index contributed by atoms with van der Waals surface area (Å²) in [6, 6.07) is 0. The highest BCUT2D eigenvalue weighted by Crippen LogP contribution is 1.86. The fourth-order valence-corrected chi connectivity index (χ4v) is 0.376. The minimum absolute atomic E-state index is 0.475. The minimum Gasteiger partial charge on any atom is -0.393 e. The summed E-state index contributed by atoms with van der Waals surface area (Å²) in [5.41, 5.74) is 0. The Morgan fingerprint density at radius 1 is 1.67 bits per heavy atom. The topological polar surface area (TPSA) is 60.8 Å². The number of likely N-dealkylation sites (N-methyl/N-ethyl adjacent to an activating group) is 1. The number of hydrogen-bond acceptors (Lipinski definition) is 3. The van der Waals surface area contributed by atoms with Gasteiger partial charge in [-0.2, -0.15) is 0 Å². The fourth-order valence-electron chi connectivity index (χ4n) is 0.376. The van der Waals surface area contributed by atoms with Gasteiger partial charge in [0.2, 0.25) is 0 Å². The van der Waals surface area contributed by atoms with Crippen LogP contribution in [-0.4, -0.2) is 47.8 Å². The van der Waals surface area contributed by atoms with Crippen LogP contribution in [0.1, 0.15) is 0 Å². The van der Waals surface area contributed by atoms with Crippen molar-refractivity contribution in [1.82, 2.24) is 4.90 Å². The average Bonchev–Trinajstić information content (AvgIpc) is 1.84. The molecule has 2 N–H and O–H groups in total. The molecule has 0 aromatic carbocycles. The standard InChI is InChI=1S/C5H11NO3/c1-6(2)5(9)4(8)3-7/h4,7-8H,3H2,1-2H3/t4-/m0/s1. The molecular formula is C5H11NO3. The summed E-state index contributed by atoms with van der Waals surface area (Å²) < 4.78 is 0. The van der Waals surface area contributed by atoms with Crippen molar-refractivity contribution in [2.45, 2.75) is 6.10 Å². The first-order valence-corrected chi connectivity index (χ1v) is 2.59. The summed E-state index contributed by atoms with van der Waals surface area (Å²) in [7, 11) is 3.03. The number of aliphatic hydroxyl groups is 2. The number of nitrogens with zero attached hydrogens (tertiary/aromatic N) is 1. The molecule has 54 valence electrons. The Hall–Kier alpha value is -0.610. The lowest BCUT2D eigenvalue weighted by molar-refractivity contribution is -0.139. The van der Waals surface area contributed by atoms with Crippen molar-refractivity contribution < 1.29 is 15.0 Å². The lowest BCUT2D eigenvalue weighted by Crippen LogP contribution is -2.35. The number of carbonyl (C=O) groups excluding carboxylic acids is 1. The number of rotatable bonds is 2. The number of carbonyl (C=O) groups is 1. The van der Waals surface area contributed by atoms with Crippen LogP contribution >= 0.6 is 0 Å². The van der Waals surface area contributed by atoms with Crippen LogP contribution in [0.5, 0.6) is 0 Å². The van der Waals surface area contributed by atoms with E-state index in [0.29, 0.717) is 0 Å². The van der Waals surface area contributed by atoms with Gasteiger partial charge in [0, 0.05) is 14.1 Å². The van der Waals surface area contributed by atoms with Crippen molar-refractivity contribution in [3.05, 3.63) is 0 Å². The van der Waals surface area contributed by atoms with Crippen LogP contribution in [0.4, 0.5) is 0 Å². The maximum atomic E-state index is 10.6. The van der Waals surface area contributed by atoms with Gasteiger partial charge in [0.05, 0.1) is 6.61 Å². The predicted molar refractivity (Wildman–Crippen MR) is 31.8 cm³/mol.